The van der Waals surface area contributed by atoms with Gasteiger partial charge in [-0.25, -0.2) is 0 Å². The summed E-state index contributed by atoms with van der Waals surface area (Å²) in [4.78, 5) is 29.0. The molecule has 0 saturated carbocycles. The highest BCUT2D eigenvalue weighted by Crippen LogP contribution is 2.23. The van der Waals surface area contributed by atoms with Crippen molar-refractivity contribution in [3.63, 3.8) is 0 Å². The van der Waals surface area contributed by atoms with E-state index in [1.54, 1.807) is 17.0 Å². The van der Waals surface area contributed by atoms with Crippen molar-refractivity contribution in [1.82, 2.24) is 9.80 Å². The van der Waals surface area contributed by atoms with Gasteiger partial charge in [0.2, 0.25) is 5.91 Å². The summed E-state index contributed by atoms with van der Waals surface area (Å²) in [6.07, 6.45) is 4.10. The Morgan fingerprint density at radius 2 is 2.09 bits per heavy atom. The van der Waals surface area contributed by atoms with E-state index < -0.39 is 0 Å². The molecule has 0 aromatic carbocycles. The van der Waals surface area contributed by atoms with Crippen LogP contribution < -0.4 is 0 Å². The smallest absolute Gasteiger partial charge is 0.290 e. The third-order valence-corrected chi connectivity index (χ3v) is 4.43. The number of hydrogen-bond donors (Lipinski definition) is 0. The second kappa shape index (κ2) is 6.52. The third-order valence-electron chi connectivity index (χ3n) is 4.43. The van der Waals surface area contributed by atoms with Gasteiger partial charge in [0.05, 0.1) is 25.5 Å². The second-order valence-corrected chi connectivity index (χ2v) is 5.94. The largest absolute Gasteiger partial charge is 0.459 e. The van der Waals surface area contributed by atoms with E-state index in [-0.39, 0.29) is 23.9 Å². The minimum atomic E-state index is -0.383. The zero-order valence-corrected chi connectivity index (χ0v) is 12.9. The number of nitrogens with zero attached hydrogens (tertiary/aromatic N) is 2. The number of ether oxygens (including phenoxy) is 1. The van der Waals surface area contributed by atoms with Gasteiger partial charge in [-0.05, 0) is 38.3 Å². The Balaban J connectivity index is 1.77. The molecule has 1 unspecified atom stereocenters. The maximum atomic E-state index is 12.9. The van der Waals surface area contributed by atoms with Crippen molar-refractivity contribution in [2.45, 2.75) is 38.3 Å². The quantitative estimate of drug-likeness (QED) is 0.831. The molecule has 2 aliphatic heterocycles. The van der Waals surface area contributed by atoms with Crippen molar-refractivity contribution in [1.29, 1.82) is 0 Å². The van der Waals surface area contributed by atoms with Crippen molar-refractivity contribution in [2.75, 3.05) is 26.3 Å². The molecule has 22 heavy (non-hydrogen) atoms. The van der Waals surface area contributed by atoms with Crippen molar-refractivity contribution < 1.29 is 18.7 Å². The molecule has 6 nitrogen and oxygen atoms in total. The average Bonchev–Trinajstić information content (AvgIpc) is 3.08. The van der Waals surface area contributed by atoms with Gasteiger partial charge in [-0.1, -0.05) is 0 Å². The summed E-state index contributed by atoms with van der Waals surface area (Å²) in [5.41, 5.74) is 0. The molecular formula is C16H22N2O4. The van der Waals surface area contributed by atoms with E-state index in [9.17, 15) is 9.59 Å². The lowest BCUT2D eigenvalue weighted by molar-refractivity contribution is -0.145. The Kier molecular flexibility index (Phi) is 4.47. The number of carbonyl (C=O) groups is 2. The van der Waals surface area contributed by atoms with Crippen LogP contribution in [0, 0.1) is 0 Å². The number of rotatable bonds is 2. The van der Waals surface area contributed by atoms with Gasteiger partial charge in [0.1, 0.15) is 6.04 Å². The lowest BCUT2D eigenvalue weighted by Gasteiger charge is -2.40. The molecule has 0 radical (unpaired) electrons. The van der Waals surface area contributed by atoms with Crippen LogP contribution in [0.25, 0.3) is 0 Å². The lowest BCUT2D eigenvalue weighted by Crippen LogP contribution is -2.57. The maximum Gasteiger partial charge on any atom is 0.290 e. The Morgan fingerprint density at radius 1 is 1.23 bits per heavy atom. The fourth-order valence-electron chi connectivity index (χ4n) is 3.22. The van der Waals surface area contributed by atoms with Crippen LogP contribution in [0.1, 0.15) is 36.7 Å². The first-order chi connectivity index (χ1) is 10.7. The van der Waals surface area contributed by atoms with Crippen LogP contribution in [0.3, 0.4) is 0 Å². The van der Waals surface area contributed by atoms with E-state index in [0.29, 0.717) is 32.1 Å². The molecular weight excluding hydrogens is 284 g/mol. The first kappa shape index (κ1) is 15.1. The van der Waals surface area contributed by atoms with E-state index >= 15 is 0 Å². The molecule has 120 valence electrons. The van der Waals surface area contributed by atoms with Gasteiger partial charge in [-0.3, -0.25) is 9.59 Å². The molecule has 2 amide bonds. The van der Waals surface area contributed by atoms with Crippen LogP contribution in [0.5, 0.6) is 0 Å². The van der Waals surface area contributed by atoms with Crippen molar-refractivity contribution >= 4 is 11.8 Å². The number of morpholine rings is 1. The summed E-state index contributed by atoms with van der Waals surface area (Å²) in [6, 6.07) is 3.02. The van der Waals surface area contributed by atoms with Crippen LogP contribution in [-0.4, -0.2) is 60.0 Å². The van der Waals surface area contributed by atoms with E-state index in [2.05, 4.69) is 0 Å². The van der Waals surface area contributed by atoms with Gasteiger partial charge >= 0.3 is 0 Å². The van der Waals surface area contributed by atoms with Crippen LogP contribution in [0.2, 0.25) is 0 Å². The predicted molar refractivity (Wildman–Crippen MR) is 79.4 cm³/mol. The SMILES string of the molecule is C[C@@H]1COCCN1C(=O)C1CCCCN1C(=O)c1ccco1. The van der Waals surface area contributed by atoms with E-state index in [0.717, 1.165) is 19.3 Å². The van der Waals surface area contributed by atoms with Crippen LogP contribution >= 0.6 is 0 Å². The van der Waals surface area contributed by atoms with Crippen LogP contribution in [-0.2, 0) is 9.53 Å². The van der Waals surface area contributed by atoms with Crippen molar-refractivity contribution in [3.05, 3.63) is 24.2 Å². The van der Waals surface area contributed by atoms with Gasteiger partial charge in [0.25, 0.3) is 5.91 Å². The number of amides is 2. The van der Waals surface area contributed by atoms with Crippen molar-refractivity contribution in [2.24, 2.45) is 0 Å². The topological polar surface area (TPSA) is 63.0 Å². The minimum absolute atomic E-state index is 0.0374. The monoisotopic (exact) mass is 306 g/mol. The third kappa shape index (κ3) is 2.88. The number of carbonyl (C=O) groups excluding carboxylic acids is 2. The molecule has 2 aliphatic rings. The number of likely N-dealkylation sites (tertiary alicyclic amines) is 1. The fraction of sp³-hybridized carbons (Fsp3) is 0.625. The summed E-state index contributed by atoms with van der Waals surface area (Å²) in [5.74, 6) is 0.147. The van der Waals surface area contributed by atoms with E-state index in [4.69, 9.17) is 9.15 Å². The zero-order chi connectivity index (χ0) is 15.5. The Hall–Kier alpha value is -1.82. The highest BCUT2D eigenvalue weighted by atomic mass is 16.5. The standard InChI is InChI=1S/C16H22N2O4/c1-12-11-21-10-8-17(12)15(19)13-5-2-3-7-18(13)16(20)14-6-4-9-22-14/h4,6,9,12-13H,2-3,5,7-8,10-11H2,1H3/t12-,13?/m1/s1. The summed E-state index contributed by atoms with van der Waals surface area (Å²) in [6.45, 7) is 4.31. The summed E-state index contributed by atoms with van der Waals surface area (Å²) in [5, 5.41) is 0. The van der Waals surface area contributed by atoms with Gasteiger partial charge < -0.3 is 19.0 Å². The minimum Gasteiger partial charge on any atom is -0.459 e. The van der Waals surface area contributed by atoms with Gasteiger partial charge in [-0.2, -0.15) is 0 Å². The van der Waals surface area contributed by atoms with E-state index in [1.807, 2.05) is 11.8 Å². The number of piperidine rings is 1. The predicted octanol–water partition coefficient (Wildman–Crippen LogP) is 1.52. The molecule has 6 heteroatoms. The van der Waals surface area contributed by atoms with Crippen molar-refractivity contribution in [3.8, 4) is 0 Å². The Bertz CT molecular complexity index is 528. The van der Waals surface area contributed by atoms with Gasteiger partial charge in [0, 0.05) is 13.1 Å². The van der Waals surface area contributed by atoms with Crippen LogP contribution in [0.15, 0.2) is 22.8 Å². The molecule has 2 saturated heterocycles. The molecule has 2 atom stereocenters. The first-order valence-corrected chi connectivity index (χ1v) is 7.91. The molecule has 1 aromatic heterocycles. The summed E-state index contributed by atoms with van der Waals surface area (Å²) < 4.78 is 10.6. The first-order valence-electron chi connectivity index (χ1n) is 7.91. The number of furan rings is 1. The summed E-state index contributed by atoms with van der Waals surface area (Å²) >= 11 is 0. The number of hydrogen-bond acceptors (Lipinski definition) is 4. The molecule has 0 N–H and O–H groups in total. The highest BCUT2D eigenvalue weighted by Gasteiger charge is 2.37. The Labute approximate surface area is 130 Å². The van der Waals surface area contributed by atoms with Gasteiger partial charge in [0.15, 0.2) is 5.76 Å². The molecule has 0 bridgehead atoms. The normalized spacial score (nSPS) is 26.0. The highest BCUT2D eigenvalue weighted by molar-refractivity contribution is 5.95. The molecule has 3 heterocycles. The molecule has 2 fully saturated rings. The van der Waals surface area contributed by atoms with Gasteiger partial charge in [-0.15, -0.1) is 0 Å². The Morgan fingerprint density at radius 3 is 2.82 bits per heavy atom. The second-order valence-electron chi connectivity index (χ2n) is 5.94. The zero-order valence-electron chi connectivity index (χ0n) is 12.9. The molecule has 0 spiro atoms. The van der Waals surface area contributed by atoms with Crippen LogP contribution in [0.4, 0.5) is 0 Å². The molecule has 1 aromatic rings. The lowest BCUT2D eigenvalue weighted by atomic mass is 9.99. The molecule has 0 aliphatic carbocycles. The van der Waals surface area contributed by atoms with E-state index in [1.165, 1.54) is 6.26 Å². The average molecular weight is 306 g/mol. The fourth-order valence-corrected chi connectivity index (χ4v) is 3.22. The maximum absolute atomic E-state index is 12.9. The summed E-state index contributed by atoms with van der Waals surface area (Å²) in [7, 11) is 0. The molecule has 3 rings (SSSR count).